The van der Waals surface area contributed by atoms with Gasteiger partial charge >= 0.3 is 6.61 Å². The van der Waals surface area contributed by atoms with E-state index in [9.17, 15) is 22.4 Å². The fraction of sp³-hybridized carbons (Fsp3) is 0.188. The summed E-state index contributed by atoms with van der Waals surface area (Å²) in [5.74, 6) is -2.22. The van der Waals surface area contributed by atoms with Gasteiger partial charge in [0.15, 0.2) is 0 Å². The lowest BCUT2D eigenvalue weighted by atomic mass is 10.1. The van der Waals surface area contributed by atoms with Crippen LogP contribution < -0.4 is 4.74 Å². The van der Waals surface area contributed by atoms with Crippen LogP contribution >= 0.6 is 0 Å². The summed E-state index contributed by atoms with van der Waals surface area (Å²) in [5, 5.41) is 0. The van der Waals surface area contributed by atoms with Crippen LogP contribution in [-0.2, 0) is 6.54 Å². The van der Waals surface area contributed by atoms with Gasteiger partial charge in [-0.15, -0.1) is 0 Å². The maximum Gasteiger partial charge on any atom is 0.387 e. The number of benzene rings is 2. The second kappa shape index (κ2) is 7.13. The van der Waals surface area contributed by atoms with E-state index in [1.54, 1.807) is 0 Å². The Labute approximate surface area is 130 Å². The maximum absolute atomic E-state index is 13.6. The third-order valence-electron chi connectivity index (χ3n) is 3.07. The second-order valence-corrected chi connectivity index (χ2v) is 4.81. The minimum Gasteiger partial charge on any atom is -0.435 e. The molecule has 2 rings (SSSR count). The number of alkyl halides is 2. The molecule has 0 heterocycles. The van der Waals surface area contributed by atoms with E-state index in [2.05, 4.69) is 4.74 Å². The smallest absolute Gasteiger partial charge is 0.387 e. The van der Waals surface area contributed by atoms with E-state index in [1.165, 1.54) is 36.2 Å². The number of carbonyl (C=O) groups is 1. The molecule has 0 saturated heterocycles. The van der Waals surface area contributed by atoms with Crippen molar-refractivity contribution < 1.29 is 27.1 Å². The number of amides is 1. The molecule has 0 N–H and O–H groups in total. The number of rotatable bonds is 5. The van der Waals surface area contributed by atoms with Crippen LogP contribution in [0, 0.1) is 11.6 Å². The van der Waals surface area contributed by atoms with Crippen molar-refractivity contribution in [3.05, 3.63) is 65.2 Å². The molecule has 7 heteroatoms. The average molecular weight is 327 g/mol. The standard InChI is InChI=1S/C16H13F4NO2/c1-21(15(22)13-8-11(17)4-7-14(13)18)9-10-2-5-12(6-3-10)23-16(19)20/h2-8,16H,9H2,1H3. The topological polar surface area (TPSA) is 29.5 Å². The summed E-state index contributed by atoms with van der Waals surface area (Å²) in [6, 6.07) is 8.31. The second-order valence-electron chi connectivity index (χ2n) is 4.81. The van der Waals surface area contributed by atoms with Crippen LogP contribution in [0.2, 0.25) is 0 Å². The molecule has 0 atom stereocenters. The predicted molar refractivity (Wildman–Crippen MR) is 75.2 cm³/mol. The first-order valence-corrected chi connectivity index (χ1v) is 6.61. The number of carbonyl (C=O) groups excluding carboxylic acids is 1. The number of ether oxygens (including phenoxy) is 1. The molecule has 0 radical (unpaired) electrons. The Morgan fingerprint density at radius 3 is 2.39 bits per heavy atom. The Hall–Kier alpha value is -2.57. The zero-order valence-corrected chi connectivity index (χ0v) is 12.1. The van der Waals surface area contributed by atoms with Gasteiger partial charge in [-0.2, -0.15) is 8.78 Å². The van der Waals surface area contributed by atoms with Gasteiger partial charge in [0.05, 0.1) is 5.56 Å². The van der Waals surface area contributed by atoms with Crippen molar-refractivity contribution in [1.29, 1.82) is 0 Å². The van der Waals surface area contributed by atoms with Gasteiger partial charge in [-0.05, 0) is 35.9 Å². The highest BCUT2D eigenvalue weighted by molar-refractivity contribution is 5.94. The van der Waals surface area contributed by atoms with Crippen molar-refractivity contribution in [3.8, 4) is 5.75 Å². The van der Waals surface area contributed by atoms with Crippen molar-refractivity contribution >= 4 is 5.91 Å². The number of nitrogens with zero attached hydrogens (tertiary/aromatic N) is 1. The van der Waals surface area contributed by atoms with Crippen molar-refractivity contribution in [2.75, 3.05) is 7.05 Å². The van der Waals surface area contributed by atoms with Crippen molar-refractivity contribution in [2.24, 2.45) is 0 Å². The summed E-state index contributed by atoms with van der Waals surface area (Å²) in [6.45, 7) is -2.81. The summed E-state index contributed by atoms with van der Waals surface area (Å²) in [7, 11) is 1.43. The molecule has 0 spiro atoms. The molecule has 2 aromatic rings. The fourth-order valence-corrected chi connectivity index (χ4v) is 1.99. The first kappa shape index (κ1) is 16.8. The Kier molecular flexibility index (Phi) is 5.20. The Balaban J connectivity index is 2.07. The van der Waals surface area contributed by atoms with Gasteiger partial charge in [-0.25, -0.2) is 8.78 Å². The van der Waals surface area contributed by atoms with E-state index < -0.39 is 24.2 Å². The summed E-state index contributed by atoms with van der Waals surface area (Å²) >= 11 is 0. The van der Waals surface area contributed by atoms with E-state index in [4.69, 9.17) is 0 Å². The molecule has 0 unspecified atom stereocenters. The first-order chi connectivity index (χ1) is 10.9. The summed E-state index contributed by atoms with van der Waals surface area (Å²) < 4.78 is 55.0. The van der Waals surface area contributed by atoms with Crippen LogP contribution in [0.4, 0.5) is 17.6 Å². The maximum atomic E-state index is 13.6. The largest absolute Gasteiger partial charge is 0.435 e. The zero-order valence-electron chi connectivity index (χ0n) is 12.1. The molecule has 1 amide bonds. The lowest BCUT2D eigenvalue weighted by Gasteiger charge is -2.18. The van der Waals surface area contributed by atoms with Gasteiger partial charge in [-0.3, -0.25) is 4.79 Å². The number of halogens is 4. The molecule has 122 valence electrons. The molecular formula is C16H13F4NO2. The Bertz CT molecular complexity index is 689. The highest BCUT2D eigenvalue weighted by Gasteiger charge is 2.17. The SMILES string of the molecule is CN(Cc1ccc(OC(F)F)cc1)C(=O)c1cc(F)ccc1F. The van der Waals surface area contributed by atoms with Gasteiger partial charge < -0.3 is 9.64 Å². The van der Waals surface area contributed by atoms with Gasteiger partial charge in [0.25, 0.3) is 5.91 Å². The Morgan fingerprint density at radius 1 is 1.13 bits per heavy atom. The summed E-state index contributed by atoms with van der Waals surface area (Å²) in [6.07, 6.45) is 0. The zero-order chi connectivity index (χ0) is 17.0. The molecule has 0 aliphatic heterocycles. The number of hydrogen-bond acceptors (Lipinski definition) is 2. The predicted octanol–water partition coefficient (Wildman–Crippen LogP) is 3.84. The lowest BCUT2D eigenvalue weighted by Crippen LogP contribution is -2.27. The molecule has 3 nitrogen and oxygen atoms in total. The number of hydrogen-bond donors (Lipinski definition) is 0. The van der Waals surface area contributed by atoms with Crippen molar-refractivity contribution in [3.63, 3.8) is 0 Å². The third kappa shape index (κ3) is 4.45. The minimum atomic E-state index is -2.92. The van der Waals surface area contributed by atoms with Gasteiger partial charge in [0.1, 0.15) is 17.4 Å². The van der Waals surface area contributed by atoms with Crippen molar-refractivity contribution in [1.82, 2.24) is 4.90 Å². The highest BCUT2D eigenvalue weighted by atomic mass is 19.3. The Morgan fingerprint density at radius 2 is 1.78 bits per heavy atom. The normalized spacial score (nSPS) is 10.7. The van der Waals surface area contributed by atoms with E-state index in [-0.39, 0.29) is 17.9 Å². The fourth-order valence-electron chi connectivity index (χ4n) is 1.99. The van der Waals surface area contributed by atoms with E-state index in [0.29, 0.717) is 5.56 Å². The monoisotopic (exact) mass is 327 g/mol. The van der Waals surface area contributed by atoms with E-state index in [0.717, 1.165) is 18.2 Å². The molecule has 2 aromatic carbocycles. The van der Waals surface area contributed by atoms with Gasteiger partial charge in [0, 0.05) is 13.6 Å². The van der Waals surface area contributed by atoms with Crippen LogP contribution in [0.3, 0.4) is 0 Å². The third-order valence-corrected chi connectivity index (χ3v) is 3.07. The van der Waals surface area contributed by atoms with Gasteiger partial charge in [-0.1, -0.05) is 12.1 Å². The van der Waals surface area contributed by atoms with Crippen molar-refractivity contribution in [2.45, 2.75) is 13.2 Å². The summed E-state index contributed by atoms with van der Waals surface area (Å²) in [4.78, 5) is 13.3. The molecule has 0 aliphatic rings. The van der Waals surface area contributed by atoms with Crippen LogP contribution in [-0.4, -0.2) is 24.5 Å². The van der Waals surface area contributed by atoms with Crippen LogP contribution in [0.25, 0.3) is 0 Å². The average Bonchev–Trinajstić information content (AvgIpc) is 2.50. The quantitative estimate of drug-likeness (QED) is 0.781. The first-order valence-electron chi connectivity index (χ1n) is 6.61. The molecule has 0 bridgehead atoms. The van der Waals surface area contributed by atoms with E-state index >= 15 is 0 Å². The molecule has 23 heavy (non-hydrogen) atoms. The minimum absolute atomic E-state index is 0.00564. The van der Waals surface area contributed by atoms with Crippen LogP contribution in [0.1, 0.15) is 15.9 Å². The highest BCUT2D eigenvalue weighted by Crippen LogP contribution is 2.17. The molecule has 0 aromatic heterocycles. The van der Waals surface area contributed by atoms with Gasteiger partial charge in [0.2, 0.25) is 0 Å². The molecule has 0 saturated carbocycles. The molecule has 0 fully saturated rings. The van der Waals surface area contributed by atoms with Crippen LogP contribution in [0.15, 0.2) is 42.5 Å². The molecular weight excluding hydrogens is 314 g/mol. The summed E-state index contributed by atoms with van der Waals surface area (Å²) in [5.41, 5.74) is 0.254. The van der Waals surface area contributed by atoms with E-state index in [1.807, 2.05) is 0 Å². The lowest BCUT2D eigenvalue weighted by molar-refractivity contribution is -0.0498. The van der Waals surface area contributed by atoms with Crippen LogP contribution in [0.5, 0.6) is 5.75 Å². The molecule has 0 aliphatic carbocycles.